The van der Waals surface area contributed by atoms with Gasteiger partial charge in [0.05, 0.1) is 16.3 Å². The summed E-state index contributed by atoms with van der Waals surface area (Å²) in [5.74, 6) is -0.670. The number of carbonyl (C=O) groups excluding carboxylic acids is 1. The minimum Gasteiger partial charge on any atom is -0.319 e. The average Bonchev–Trinajstić information content (AvgIpc) is 2.83. The Kier molecular flexibility index (Phi) is 4.64. The zero-order valence-corrected chi connectivity index (χ0v) is 14.7. The highest BCUT2D eigenvalue weighted by atomic mass is 35.5. The minimum absolute atomic E-state index is 0.284. The fourth-order valence-electron chi connectivity index (χ4n) is 2.47. The largest absolute Gasteiger partial charge is 0.319 e. The van der Waals surface area contributed by atoms with Gasteiger partial charge in [-0.2, -0.15) is 4.99 Å². The fourth-order valence-corrected chi connectivity index (χ4v) is 3.67. The number of benzene rings is 2. The molecule has 6 heteroatoms. The van der Waals surface area contributed by atoms with Crippen molar-refractivity contribution in [1.29, 1.82) is 0 Å². The molecule has 3 rings (SSSR count). The lowest BCUT2D eigenvalue weighted by molar-refractivity contribution is 0.0998. The molecule has 0 atom stereocenters. The molecule has 3 aromatic rings. The molecule has 0 fully saturated rings. The first-order valence-corrected chi connectivity index (χ1v) is 8.43. The Morgan fingerprint density at radius 2 is 1.83 bits per heavy atom. The summed E-state index contributed by atoms with van der Waals surface area (Å²) in [7, 11) is 1.83. The van der Waals surface area contributed by atoms with Gasteiger partial charge in [0, 0.05) is 11.9 Å². The number of nitrogens with zero attached hydrogens (tertiary/aromatic N) is 2. The van der Waals surface area contributed by atoms with E-state index in [9.17, 15) is 9.18 Å². The number of amides is 1. The van der Waals surface area contributed by atoms with E-state index in [0.717, 1.165) is 16.1 Å². The number of hydrogen-bond donors (Lipinski definition) is 0. The second-order valence-electron chi connectivity index (χ2n) is 5.25. The molecule has 0 aliphatic rings. The third-order valence-electron chi connectivity index (χ3n) is 3.62. The predicted octanol–water partition coefficient (Wildman–Crippen LogP) is 4.60. The van der Waals surface area contributed by atoms with Crippen molar-refractivity contribution in [2.75, 3.05) is 0 Å². The molecule has 0 bridgehead atoms. The molecule has 1 amide bonds. The Balaban J connectivity index is 2.07. The van der Waals surface area contributed by atoms with Gasteiger partial charge in [0.25, 0.3) is 5.91 Å². The summed E-state index contributed by atoms with van der Waals surface area (Å²) < 4.78 is 15.0. The van der Waals surface area contributed by atoms with Crippen molar-refractivity contribution in [3.05, 3.63) is 74.6 Å². The summed E-state index contributed by atoms with van der Waals surface area (Å²) in [5.41, 5.74) is 2.15. The van der Waals surface area contributed by atoms with E-state index in [-0.39, 0.29) is 11.7 Å². The van der Waals surface area contributed by atoms with Crippen LogP contribution in [0.4, 0.5) is 4.39 Å². The molecule has 0 aliphatic heterocycles. The Morgan fingerprint density at radius 1 is 1.17 bits per heavy atom. The molecule has 1 heterocycles. The van der Waals surface area contributed by atoms with Crippen LogP contribution in [0.3, 0.4) is 0 Å². The Hall–Kier alpha value is -2.24. The van der Waals surface area contributed by atoms with E-state index in [2.05, 4.69) is 4.99 Å². The van der Waals surface area contributed by atoms with E-state index < -0.39 is 0 Å². The highest BCUT2D eigenvalue weighted by Gasteiger charge is 2.13. The van der Waals surface area contributed by atoms with Gasteiger partial charge in [0.2, 0.25) is 0 Å². The summed E-state index contributed by atoms with van der Waals surface area (Å²) in [5, 5.41) is 0.376. The van der Waals surface area contributed by atoms with Crippen LogP contribution in [0.15, 0.2) is 53.5 Å². The van der Waals surface area contributed by atoms with E-state index in [4.69, 9.17) is 11.6 Å². The monoisotopic (exact) mass is 360 g/mol. The number of thiazole rings is 1. The quantitative estimate of drug-likeness (QED) is 0.657. The number of aromatic nitrogens is 1. The van der Waals surface area contributed by atoms with Gasteiger partial charge < -0.3 is 4.57 Å². The van der Waals surface area contributed by atoms with Crippen molar-refractivity contribution in [1.82, 2.24) is 4.57 Å². The minimum atomic E-state index is -0.386. The molecule has 0 aliphatic carbocycles. The molecule has 1 aromatic heterocycles. The number of rotatable bonds is 2. The molecule has 0 unspecified atom stereocenters. The molecule has 0 N–H and O–H groups in total. The maximum absolute atomic E-state index is 13.1. The van der Waals surface area contributed by atoms with Crippen molar-refractivity contribution in [2.45, 2.75) is 6.92 Å². The van der Waals surface area contributed by atoms with Gasteiger partial charge in [-0.15, -0.1) is 11.3 Å². The number of hydrogen-bond acceptors (Lipinski definition) is 2. The highest BCUT2D eigenvalue weighted by molar-refractivity contribution is 7.09. The van der Waals surface area contributed by atoms with E-state index >= 15 is 0 Å². The Morgan fingerprint density at radius 3 is 2.50 bits per heavy atom. The highest BCUT2D eigenvalue weighted by Crippen LogP contribution is 2.24. The summed E-state index contributed by atoms with van der Waals surface area (Å²) >= 11 is 7.46. The van der Waals surface area contributed by atoms with E-state index in [1.54, 1.807) is 36.4 Å². The third-order valence-corrected chi connectivity index (χ3v) is 5.00. The molecule has 3 nitrogen and oxygen atoms in total. The molecule has 122 valence electrons. The summed E-state index contributed by atoms with van der Waals surface area (Å²) in [6.07, 6.45) is 0. The third kappa shape index (κ3) is 3.18. The lowest BCUT2D eigenvalue weighted by atomic mass is 10.1. The first kappa shape index (κ1) is 16.6. The van der Waals surface area contributed by atoms with Gasteiger partial charge in [-0.1, -0.05) is 23.7 Å². The second-order valence-corrected chi connectivity index (χ2v) is 6.84. The summed E-state index contributed by atoms with van der Waals surface area (Å²) in [6.45, 7) is 1.95. The van der Waals surface area contributed by atoms with Crippen LogP contribution in [-0.2, 0) is 7.05 Å². The summed E-state index contributed by atoms with van der Waals surface area (Å²) in [4.78, 5) is 18.1. The SMILES string of the molecule is Cc1sc(=NC(=O)c2ccccc2Cl)n(C)c1-c1ccc(F)cc1. The van der Waals surface area contributed by atoms with Crippen LogP contribution >= 0.6 is 22.9 Å². The maximum Gasteiger partial charge on any atom is 0.281 e. The molecule has 0 spiro atoms. The van der Waals surface area contributed by atoms with Crippen molar-refractivity contribution in [3.8, 4) is 11.3 Å². The first-order chi connectivity index (χ1) is 11.5. The summed E-state index contributed by atoms with van der Waals surface area (Å²) in [6, 6.07) is 13.1. The topological polar surface area (TPSA) is 34.4 Å². The average molecular weight is 361 g/mol. The molecular weight excluding hydrogens is 347 g/mol. The molecule has 0 saturated carbocycles. The van der Waals surface area contributed by atoms with Crippen LogP contribution in [0, 0.1) is 12.7 Å². The molecular formula is C18H14ClFN2OS. The molecule has 0 radical (unpaired) electrons. The second kappa shape index (κ2) is 6.71. The van der Waals surface area contributed by atoms with Crippen LogP contribution in [0.5, 0.6) is 0 Å². The van der Waals surface area contributed by atoms with Crippen LogP contribution in [0.25, 0.3) is 11.3 Å². The standard InChI is InChI=1S/C18H14ClFN2OS/c1-11-16(12-7-9-13(20)10-8-12)22(2)18(24-11)21-17(23)14-5-3-4-6-15(14)19/h3-10H,1-2H3. The zero-order chi connectivity index (χ0) is 17.3. The number of halogens is 2. The molecule has 2 aromatic carbocycles. The Labute approximate surface area is 147 Å². The normalized spacial score (nSPS) is 11.8. The number of aryl methyl sites for hydroxylation is 1. The van der Waals surface area contributed by atoms with Crippen LogP contribution in [0.2, 0.25) is 5.02 Å². The van der Waals surface area contributed by atoms with E-state index in [1.165, 1.54) is 23.5 Å². The lowest BCUT2D eigenvalue weighted by Crippen LogP contribution is -2.14. The van der Waals surface area contributed by atoms with Crippen LogP contribution in [0.1, 0.15) is 15.2 Å². The smallest absolute Gasteiger partial charge is 0.281 e. The van der Waals surface area contributed by atoms with Gasteiger partial charge in [-0.25, -0.2) is 4.39 Å². The van der Waals surface area contributed by atoms with Gasteiger partial charge in [0.15, 0.2) is 4.80 Å². The van der Waals surface area contributed by atoms with Crippen LogP contribution < -0.4 is 4.80 Å². The lowest BCUT2D eigenvalue weighted by Gasteiger charge is -2.04. The number of carbonyl (C=O) groups is 1. The van der Waals surface area contributed by atoms with Crippen molar-refractivity contribution in [2.24, 2.45) is 12.0 Å². The van der Waals surface area contributed by atoms with Crippen molar-refractivity contribution in [3.63, 3.8) is 0 Å². The predicted molar refractivity (Wildman–Crippen MR) is 94.8 cm³/mol. The van der Waals surface area contributed by atoms with E-state index in [1.807, 2.05) is 18.5 Å². The van der Waals surface area contributed by atoms with Crippen molar-refractivity contribution < 1.29 is 9.18 Å². The first-order valence-electron chi connectivity index (χ1n) is 7.23. The molecule has 24 heavy (non-hydrogen) atoms. The van der Waals surface area contributed by atoms with Gasteiger partial charge in [0.1, 0.15) is 5.82 Å². The maximum atomic E-state index is 13.1. The van der Waals surface area contributed by atoms with Crippen molar-refractivity contribution >= 4 is 28.8 Å². The van der Waals surface area contributed by atoms with Gasteiger partial charge in [-0.05, 0) is 48.9 Å². The van der Waals surface area contributed by atoms with Gasteiger partial charge >= 0.3 is 0 Å². The van der Waals surface area contributed by atoms with E-state index in [0.29, 0.717) is 15.4 Å². The van der Waals surface area contributed by atoms with Gasteiger partial charge in [-0.3, -0.25) is 4.79 Å². The Bertz CT molecular complexity index is 973. The fraction of sp³-hybridized carbons (Fsp3) is 0.111. The zero-order valence-electron chi connectivity index (χ0n) is 13.1. The molecule has 0 saturated heterocycles. The van der Waals surface area contributed by atoms with Crippen LogP contribution in [-0.4, -0.2) is 10.5 Å².